The number of hydrogen-bond donors (Lipinski definition) is 1. The summed E-state index contributed by atoms with van der Waals surface area (Å²) < 4.78 is 33.6. The molecule has 0 aliphatic carbocycles. The average molecular weight is 390 g/mol. The Morgan fingerprint density at radius 2 is 2.07 bits per heavy atom. The summed E-state index contributed by atoms with van der Waals surface area (Å²) in [6.45, 7) is 8.57. The summed E-state index contributed by atoms with van der Waals surface area (Å²) >= 11 is 0. The van der Waals surface area contributed by atoms with Gasteiger partial charge in [-0.25, -0.2) is 18.4 Å². The van der Waals surface area contributed by atoms with Gasteiger partial charge in [-0.05, 0) is 30.7 Å². The van der Waals surface area contributed by atoms with E-state index in [4.69, 9.17) is 11.3 Å². The second-order valence-corrected chi connectivity index (χ2v) is 6.73. The number of cyclic esters (lactones) is 1. The Balaban J connectivity index is 1.66. The number of nitrogens with zero attached hydrogens (tertiary/aromatic N) is 3. The molecule has 0 spiro atoms. The van der Waals surface area contributed by atoms with Crippen molar-refractivity contribution in [2.45, 2.75) is 25.4 Å². The molecule has 0 saturated carbocycles. The molecule has 1 atom stereocenters. The van der Waals surface area contributed by atoms with Crippen LogP contribution in [-0.2, 0) is 9.53 Å². The molecule has 0 unspecified atom stereocenters. The highest BCUT2D eigenvalue weighted by molar-refractivity contribution is 5.90. The highest BCUT2D eigenvalue weighted by Crippen LogP contribution is 2.35. The van der Waals surface area contributed by atoms with Crippen molar-refractivity contribution in [2.24, 2.45) is 0 Å². The van der Waals surface area contributed by atoms with Gasteiger partial charge in [0.1, 0.15) is 6.10 Å². The zero-order valence-electron chi connectivity index (χ0n) is 15.3. The first-order valence-corrected chi connectivity index (χ1v) is 8.81. The van der Waals surface area contributed by atoms with Crippen LogP contribution >= 0.6 is 0 Å². The fourth-order valence-electron chi connectivity index (χ4n) is 3.26. The van der Waals surface area contributed by atoms with Gasteiger partial charge in [0, 0.05) is 30.4 Å². The molecule has 0 radical (unpaired) electrons. The lowest BCUT2D eigenvalue weighted by Crippen LogP contribution is -2.44. The van der Waals surface area contributed by atoms with Gasteiger partial charge in [-0.15, -0.1) is 0 Å². The first kappa shape index (κ1) is 19.6. The number of piperidine rings is 1. The van der Waals surface area contributed by atoms with Crippen molar-refractivity contribution in [1.82, 2.24) is 5.32 Å². The fourth-order valence-corrected chi connectivity index (χ4v) is 3.26. The number of halogens is 2. The topological polar surface area (TPSA) is 66.2 Å². The minimum atomic E-state index is -3.04. The number of amides is 2. The minimum absolute atomic E-state index is 0.125. The van der Waals surface area contributed by atoms with Gasteiger partial charge < -0.3 is 15.0 Å². The van der Waals surface area contributed by atoms with E-state index in [1.54, 1.807) is 29.2 Å². The van der Waals surface area contributed by atoms with E-state index in [1.807, 2.05) is 0 Å². The summed E-state index contributed by atoms with van der Waals surface area (Å²) in [6, 6.07) is 6.73. The number of anilines is 2. The average Bonchev–Trinajstić information content (AvgIpc) is 3.02. The standard InChI is InChI=1S/C19H20F2N4O3/c1-13(26)23-10-17-11-25(18(27)28-17)16-5-3-15(4-6-16)24-8-7-14(9-22-2)19(20,21)12-24/h3-6,9,17H,7-8,10-12H2,1H3,(H,23,26)/b14-9-/t17-/m0/s1. The van der Waals surface area contributed by atoms with E-state index in [2.05, 4.69) is 10.2 Å². The van der Waals surface area contributed by atoms with Gasteiger partial charge in [-0.1, -0.05) is 0 Å². The first-order valence-electron chi connectivity index (χ1n) is 8.81. The van der Waals surface area contributed by atoms with Crippen LogP contribution in [0.5, 0.6) is 0 Å². The molecule has 0 aromatic heterocycles. The highest BCUT2D eigenvalue weighted by Gasteiger charge is 2.39. The van der Waals surface area contributed by atoms with Gasteiger partial charge in [0.05, 0.1) is 26.2 Å². The van der Waals surface area contributed by atoms with Crippen molar-refractivity contribution in [3.8, 4) is 0 Å². The van der Waals surface area contributed by atoms with Gasteiger partial charge in [-0.2, -0.15) is 0 Å². The third-order valence-electron chi connectivity index (χ3n) is 4.71. The second kappa shape index (κ2) is 7.84. The van der Waals surface area contributed by atoms with E-state index in [1.165, 1.54) is 11.8 Å². The molecular formula is C19H20F2N4O3. The Hall–Kier alpha value is -3.15. The van der Waals surface area contributed by atoms with E-state index in [0.717, 1.165) is 6.20 Å². The van der Waals surface area contributed by atoms with Crippen LogP contribution in [0.15, 0.2) is 36.0 Å². The number of ether oxygens (including phenoxy) is 1. The maximum atomic E-state index is 14.2. The van der Waals surface area contributed by atoms with Crippen LogP contribution < -0.4 is 15.1 Å². The third kappa shape index (κ3) is 4.22. The second-order valence-electron chi connectivity index (χ2n) is 6.73. The predicted octanol–water partition coefficient (Wildman–Crippen LogP) is 2.80. The molecule has 0 bridgehead atoms. The number of rotatable bonds is 4. The monoisotopic (exact) mass is 390 g/mol. The molecule has 1 aromatic carbocycles. The summed E-state index contributed by atoms with van der Waals surface area (Å²) in [6.07, 6.45) is 0.0862. The molecule has 9 heteroatoms. The van der Waals surface area contributed by atoms with Crippen molar-refractivity contribution >= 4 is 23.4 Å². The molecule has 3 rings (SSSR count). The minimum Gasteiger partial charge on any atom is -0.442 e. The molecule has 1 N–H and O–H groups in total. The Morgan fingerprint density at radius 1 is 1.39 bits per heavy atom. The lowest BCUT2D eigenvalue weighted by Gasteiger charge is -2.36. The van der Waals surface area contributed by atoms with Gasteiger partial charge in [-0.3, -0.25) is 9.69 Å². The maximum absolute atomic E-state index is 14.2. The van der Waals surface area contributed by atoms with Gasteiger partial charge in [0.2, 0.25) is 5.91 Å². The quantitative estimate of drug-likeness (QED) is 0.803. The van der Waals surface area contributed by atoms with Crippen molar-refractivity contribution in [3.05, 3.63) is 47.5 Å². The van der Waals surface area contributed by atoms with Crippen molar-refractivity contribution < 1.29 is 23.1 Å². The van der Waals surface area contributed by atoms with Crippen molar-refractivity contribution in [2.75, 3.05) is 36.0 Å². The van der Waals surface area contributed by atoms with Crippen LogP contribution in [0.3, 0.4) is 0 Å². The molecule has 2 saturated heterocycles. The van der Waals surface area contributed by atoms with Crippen LogP contribution in [0.2, 0.25) is 0 Å². The van der Waals surface area contributed by atoms with E-state index >= 15 is 0 Å². The number of hydrogen-bond acceptors (Lipinski definition) is 4. The summed E-state index contributed by atoms with van der Waals surface area (Å²) in [5.41, 5.74) is 1.07. The SMILES string of the molecule is [C-]#[N+]/C=C1/CCN(c2ccc(N3C[C@H](CNC(C)=O)OC3=O)cc2)CC1(F)F. The zero-order chi connectivity index (χ0) is 20.3. The largest absolute Gasteiger partial charge is 0.442 e. The van der Waals surface area contributed by atoms with E-state index in [-0.39, 0.29) is 24.4 Å². The molecule has 2 amide bonds. The Kier molecular flexibility index (Phi) is 5.49. The number of carbonyl (C=O) groups excluding carboxylic acids is 2. The Morgan fingerprint density at radius 3 is 2.68 bits per heavy atom. The number of nitrogens with one attached hydrogen (secondary N) is 1. The van der Waals surface area contributed by atoms with E-state index in [9.17, 15) is 18.4 Å². The van der Waals surface area contributed by atoms with Crippen LogP contribution in [0.25, 0.3) is 4.85 Å². The molecule has 7 nitrogen and oxygen atoms in total. The molecule has 1 aromatic rings. The predicted molar refractivity (Wildman–Crippen MR) is 99.2 cm³/mol. The summed E-state index contributed by atoms with van der Waals surface area (Å²) in [5.74, 6) is -3.25. The smallest absolute Gasteiger partial charge is 0.414 e. The molecule has 2 aliphatic rings. The highest BCUT2D eigenvalue weighted by atomic mass is 19.3. The molecule has 28 heavy (non-hydrogen) atoms. The Bertz CT molecular complexity index is 833. The summed E-state index contributed by atoms with van der Waals surface area (Å²) in [7, 11) is 0. The molecule has 2 fully saturated rings. The summed E-state index contributed by atoms with van der Waals surface area (Å²) in [5, 5.41) is 2.61. The van der Waals surface area contributed by atoms with Crippen LogP contribution in [-0.4, -0.2) is 50.2 Å². The maximum Gasteiger partial charge on any atom is 0.414 e. The van der Waals surface area contributed by atoms with Crippen molar-refractivity contribution in [1.29, 1.82) is 0 Å². The first-order chi connectivity index (χ1) is 13.3. The zero-order valence-corrected chi connectivity index (χ0v) is 15.3. The Labute approximate surface area is 161 Å². The van der Waals surface area contributed by atoms with Crippen molar-refractivity contribution in [3.63, 3.8) is 0 Å². The number of benzene rings is 1. The normalized spacial score (nSPS) is 22.7. The molecular weight excluding hydrogens is 370 g/mol. The van der Waals surface area contributed by atoms with E-state index in [0.29, 0.717) is 24.5 Å². The lowest BCUT2D eigenvalue weighted by molar-refractivity contribution is -0.119. The van der Waals surface area contributed by atoms with Gasteiger partial charge >= 0.3 is 6.09 Å². The molecule has 148 valence electrons. The number of carbonyl (C=O) groups is 2. The third-order valence-corrected chi connectivity index (χ3v) is 4.71. The molecule has 2 aliphatic heterocycles. The van der Waals surface area contributed by atoms with Crippen LogP contribution in [0, 0.1) is 6.57 Å². The summed E-state index contributed by atoms with van der Waals surface area (Å²) in [4.78, 5) is 29.0. The van der Waals surface area contributed by atoms with Crippen LogP contribution in [0.4, 0.5) is 25.0 Å². The molecule has 2 heterocycles. The number of alkyl halides is 2. The van der Waals surface area contributed by atoms with Gasteiger partial charge in [0.25, 0.3) is 5.92 Å². The van der Waals surface area contributed by atoms with E-state index < -0.39 is 24.7 Å². The fraction of sp³-hybridized carbons (Fsp3) is 0.421. The van der Waals surface area contributed by atoms with Crippen LogP contribution in [0.1, 0.15) is 13.3 Å². The lowest BCUT2D eigenvalue weighted by atomic mass is 10.0. The van der Waals surface area contributed by atoms with Gasteiger partial charge in [0.15, 0.2) is 6.20 Å².